The van der Waals surface area contributed by atoms with Crippen molar-refractivity contribution in [3.8, 4) is 0 Å². The van der Waals surface area contributed by atoms with Gasteiger partial charge >= 0.3 is 0 Å². The monoisotopic (exact) mass is 409 g/mol. The zero-order valence-electron chi connectivity index (χ0n) is 15.8. The summed E-state index contributed by atoms with van der Waals surface area (Å²) in [6, 6.07) is 0. The highest BCUT2D eigenvalue weighted by molar-refractivity contribution is 9.09. The molecule has 0 amide bonds. The molecule has 0 N–H and O–H groups in total. The Balaban J connectivity index is 4.73. The lowest BCUT2D eigenvalue weighted by Crippen LogP contribution is -2.42. The summed E-state index contributed by atoms with van der Waals surface area (Å²) < 4.78 is 17.8. The molecule has 0 spiro atoms. The van der Waals surface area contributed by atoms with Gasteiger partial charge in [0, 0.05) is 19.8 Å². The maximum absolute atomic E-state index is 6.09. The van der Waals surface area contributed by atoms with Crippen LogP contribution in [0.1, 0.15) is 59.3 Å². The lowest BCUT2D eigenvalue weighted by molar-refractivity contribution is -0.0525. The van der Waals surface area contributed by atoms with Crippen LogP contribution in [0.5, 0.6) is 0 Å². The van der Waals surface area contributed by atoms with Gasteiger partial charge in [0.1, 0.15) is 19.3 Å². The van der Waals surface area contributed by atoms with Crippen LogP contribution in [0.2, 0.25) is 0 Å². The van der Waals surface area contributed by atoms with Gasteiger partial charge in [0.25, 0.3) is 0 Å². The fourth-order valence-corrected chi connectivity index (χ4v) is 2.65. The summed E-state index contributed by atoms with van der Waals surface area (Å²) in [6.45, 7) is 9.20. The summed E-state index contributed by atoms with van der Waals surface area (Å²) in [5.41, 5.74) is 0. The normalized spacial score (nSPS) is 15.5. The molecule has 0 bridgehead atoms. The molecule has 0 aliphatic rings. The number of halogens is 1. The van der Waals surface area contributed by atoms with Crippen LogP contribution in [0.25, 0.3) is 0 Å². The van der Waals surface area contributed by atoms with E-state index in [1.54, 1.807) is 6.21 Å². The maximum atomic E-state index is 6.09. The highest BCUT2D eigenvalue weighted by Crippen LogP contribution is 2.17. The first-order valence-corrected chi connectivity index (χ1v) is 10.1. The maximum Gasteiger partial charge on any atom is 0.123 e. The van der Waals surface area contributed by atoms with Crippen LogP contribution in [0, 0.1) is 0 Å². The number of ether oxygens (including phenoxy) is 3. The van der Waals surface area contributed by atoms with Crippen molar-refractivity contribution >= 4 is 22.1 Å². The minimum atomic E-state index is -0.257. The lowest BCUT2D eigenvalue weighted by Gasteiger charge is -2.28. The molecule has 0 aliphatic carbocycles. The standard InChI is InChI=1S/C18H36BrNO4/c1-5-8-11-22-15-16(19)18(24-13-10-7-3)17(14-20-21-4)23-12-9-6-2/h14,16-18H,5-13,15H2,1-4H3/b20-14+/t16-,17-,18+/m0/s1. The molecule has 0 aromatic rings. The van der Waals surface area contributed by atoms with Gasteiger partial charge in [0.15, 0.2) is 0 Å². The first kappa shape index (κ1) is 23.8. The van der Waals surface area contributed by atoms with Gasteiger partial charge in [0.2, 0.25) is 0 Å². The van der Waals surface area contributed by atoms with Gasteiger partial charge in [-0.3, -0.25) is 0 Å². The van der Waals surface area contributed by atoms with Crippen LogP contribution in [-0.4, -0.2) is 56.8 Å². The third-order valence-corrected chi connectivity index (χ3v) is 4.31. The Morgan fingerprint density at radius 1 is 0.917 bits per heavy atom. The summed E-state index contributed by atoms with van der Waals surface area (Å²) >= 11 is 3.72. The van der Waals surface area contributed by atoms with Gasteiger partial charge in [-0.1, -0.05) is 61.1 Å². The van der Waals surface area contributed by atoms with Crippen molar-refractivity contribution in [2.45, 2.75) is 76.3 Å². The molecule has 0 aromatic heterocycles. The van der Waals surface area contributed by atoms with Crippen LogP contribution in [-0.2, 0) is 19.0 Å². The minimum Gasteiger partial charge on any atom is -0.399 e. The number of oxime groups is 1. The molecule has 0 fully saturated rings. The van der Waals surface area contributed by atoms with E-state index < -0.39 is 0 Å². The van der Waals surface area contributed by atoms with Crippen molar-refractivity contribution in [2.75, 3.05) is 33.5 Å². The molecule has 0 saturated carbocycles. The van der Waals surface area contributed by atoms with E-state index in [0.29, 0.717) is 19.8 Å². The Hall–Kier alpha value is -0.170. The van der Waals surface area contributed by atoms with Crippen LogP contribution in [0.3, 0.4) is 0 Å². The molecule has 24 heavy (non-hydrogen) atoms. The predicted octanol–water partition coefficient (Wildman–Crippen LogP) is 4.57. The molecular formula is C18H36BrNO4. The summed E-state index contributed by atoms with van der Waals surface area (Å²) in [5.74, 6) is 0. The Kier molecular flexibility index (Phi) is 17.5. The fourth-order valence-electron chi connectivity index (χ4n) is 2.01. The number of alkyl halides is 1. The van der Waals surface area contributed by atoms with Crippen molar-refractivity contribution < 1.29 is 19.0 Å². The van der Waals surface area contributed by atoms with Crippen LogP contribution in [0.15, 0.2) is 5.16 Å². The molecule has 3 atom stereocenters. The molecule has 5 nitrogen and oxygen atoms in total. The van der Waals surface area contributed by atoms with Crippen molar-refractivity contribution in [3.63, 3.8) is 0 Å². The predicted molar refractivity (Wildman–Crippen MR) is 103 cm³/mol. The molecule has 6 heteroatoms. The first-order chi connectivity index (χ1) is 11.7. The minimum absolute atomic E-state index is 0.0427. The third kappa shape index (κ3) is 12.2. The van der Waals surface area contributed by atoms with Crippen molar-refractivity contribution in [1.29, 1.82) is 0 Å². The number of unbranched alkanes of at least 4 members (excludes halogenated alkanes) is 3. The number of nitrogens with zero attached hydrogens (tertiary/aromatic N) is 1. The highest BCUT2D eigenvalue weighted by atomic mass is 79.9. The van der Waals surface area contributed by atoms with Crippen LogP contribution >= 0.6 is 15.9 Å². The average molecular weight is 410 g/mol. The quantitative estimate of drug-likeness (QED) is 0.153. The molecule has 0 aliphatic heterocycles. The van der Waals surface area contributed by atoms with E-state index in [1.165, 1.54) is 7.11 Å². The summed E-state index contributed by atoms with van der Waals surface area (Å²) in [5, 5.41) is 3.90. The topological polar surface area (TPSA) is 49.3 Å². The molecular weight excluding hydrogens is 374 g/mol. The van der Waals surface area contributed by atoms with Crippen molar-refractivity contribution in [1.82, 2.24) is 0 Å². The van der Waals surface area contributed by atoms with Gasteiger partial charge in [0.05, 0.1) is 17.6 Å². The molecule has 0 rings (SSSR count). The number of hydrogen-bond acceptors (Lipinski definition) is 5. The van der Waals surface area contributed by atoms with Gasteiger partial charge in [-0.2, -0.15) is 0 Å². The molecule has 0 heterocycles. The highest BCUT2D eigenvalue weighted by Gasteiger charge is 2.29. The van der Waals surface area contributed by atoms with E-state index in [0.717, 1.165) is 45.1 Å². The van der Waals surface area contributed by atoms with Crippen LogP contribution in [0.4, 0.5) is 0 Å². The molecule has 144 valence electrons. The third-order valence-electron chi connectivity index (χ3n) is 3.53. The number of hydrogen-bond donors (Lipinski definition) is 0. The Labute approximate surface area is 156 Å². The Bertz CT molecular complexity index is 292. The van der Waals surface area contributed by atoms with Crippen LogP contribution < -0.4 is 0 Å². The van der Waals surface area contributed by atoms with E-state index in [2.05, 4.69) is 41.9 Å². The van der Waals surface area contributed by atoms with E-state index in [9.17, 15) is 0 Å². The summed E-state index contributed by atoms with van der Waals surface area (Å²) in [7, 11) is 1.53. The summed E-state index contributed by atoms with van der Waals surface area (Å²) in [6.07, 6.45) is 7.70. The molecule has 0 aromatic carbocycles. The van der Waals surface area contributed by atoms with Gasteiger partial charge in [-0.05, 0) is 19.3 Å². The van der Waals surface area contributed by atoms with Gasteiger partial charge in [-0.15, -0.1) is 0 Å². The molecule has 0 radical (unpaired) electrons. The van der Waals surface area contributed by atoms with E-state index in [4.69, 9.17) is 19.0 Å². The fraction of sp³-hybridized carbons (Fsp3) is 0.944. The second-order valence-corrected chi connectivity index (χ2v) is 6.94. The Morgan fingerprint density at radius 3 is 2.08 bits per heavy atom. The second kappa shape index (κ2) is 17.6. The van der Waals surface area contributed by atoms with Crippen molar-refractivity contribution in [3.05, 3.63) is 0 Å². The first-order valence-electron chi connectivity index (χ1n) is 9.22. The number of rotatable bonds is 17. The SMILES string of the molecule is CCCCOC[C@H](Br)[C@@H](OCCCC)[C@H](/C=N/OC)OCCCC. The largest absolute Gasteiger partial charge is 0.399 e. The average Bonchev–Trinajstić information content (AvgIpc) is 2.59. The Morgan fingerprint density at radius 2 is 1.50 bits per heavy atom. The summed E-state index contributed by atoms with van der Waals surface area (Å²) in [4.78, 5) is 4.88. The second-order valence-electron chi connectivity index (χ2n) is 5.76. The van der Waals surface area contributed by atoms with Gasteiger partial charge in [-0.25, -0.2) is 0 Å². The molecule has 0 unspecified atom stereocenters. The smallest absolute Gasteiger partial charge is 0.123 e. The zero-order valence-corrected chi connectivity index (χ0v) is 17.4. The van der Waals surface area contributed by atoms with Gasteiger partial charge < -0.3 is 19.0 Å². The molecule has 0 saturated heterocycles. The van der Waals surface area contributed by atoms with E-state index in [-0.39, 0.29) is 17.0 Å². The lowest BCUT2D eigenvalue weighted by atomic mass is 10.1. The zero-order chi connectivity index (χ0) is 18.0. The van der Waals surface area contributed by atoms with E-state index >= 15 is 0 Å². The van der Waals surface area contributed by atoms with E-state index in [1.807, 2.05) is 0 Å². The van der Waals surface area contributed by atoms with Crippen molar-refractivity contribution in [2.24, 2.45) is 5.16 Å².